The van der Waals surface area contributed by atoms with Crippen LogP contribution in [0.5, 0.6) is 0 Å². The Morgan fingerprint density at radius 1 is 1.44 bits per heavy atom. The highest BCUT2D eigenvalue weighted by molar-refractivity contribution is 7.71. The van der Waals surface area contributed by atoms with E-state index in [0.29, 0.717) is 17.0 Å². The van der Waals surface area contributed by atoms with Crippen LogP contribution in [0.4, 0.5) is 0 Å². The second kappa shape index (κ2) is 5.61. The highest BCUT2D eigenvalue weighted by Crippen LogP contribution is 2.23. The van der Waals surface area contributed by atoms with Gasteiger partial charge in [0, 0.05) is 13.6 Å². The molecule has 0 atom stereocenters. The second-order valence-corrected chi connectivity index (χ2v) is 5.05. The maximum atomic E-state index is 12.4. The molecular formula is C13H19N3OS. The van der Waals surface area contributed by atoms with Gasteiger partial charge in [0.1, 0.15) is 0 Å². The van der Waals surface area contributed by atoms with Crippen molar-refractivity contribution in [1.82, 2.24) is 14.3 Å². The van der Waals surface area contributed by atoms with Crippen molar-refractivity contribution in [3.05, 3.63) is 26.9 Å². The third kappa shape index (κ3) is 2.46. The largest absolute Gasteiger partial charge is 0.282 e. The van der Waals surface area contributed by atoms with E-state index in [9.17, 15) is 4.79 Å². The summed E-state index contributed by atoms with van der Waals surface area (Å²) in [5.41, 5.74) is 1.63. The lowest BCUT2D eigenvalue weighted by Crippen LogP contribution is -2.30. The van der Waals surface area contributed by atoms with Crippen LogP contribution in [0.2, 0.25) is 0 Å². The zero-order valence-electron chi connectivity index (χ0n) is 11.0. The summed E-state index contributed by atoms with van der Waals surface area (Å²) >= 11 is 5.25. The van der Waals surface area contributed by atoms with E-state index in [1.807, 2.05) is 6.92 Å². The molecule has 0 spiro atoms. The number of aryl methyl sites for hydroxylation is 1. The molecule has 0 unspecified atom stereocenters. The lowest BCUT2D eigenvalue weighted by molar-refractivity contribution is 0.553. The Bertz CT molecular complexity index is 583. The van der Waals surface area contributed by atoms with Crippen LogP contribution in [-0.4, -0.2) is 14.3 Å². The van der Waals surface area contributed by atoms with Crippen LogP contribution in [0.25, 0.3) is 5.57 Å². The molecule has 0 N–H and O–H groups in total. The van der Waals surface area contributed by atoms with E-state index in [0.717, 1.165) is 31.3 Å². The Hall–Kier alpha value is -1.23. The van der Waals surface area contributed by atoms with Crippen molar-refractivity contribution in [2.45, 2.75) is 45.6 Å². The standard InChI is InChI=1S/C13H19N3OS/c1-3-9-16-12(17)11(14-15(2)13(16)18)10-7-5-4-6-8-10/h7H,3-6,8-9H2,1-2H3. The van der Waals surface area contributed by atoms with E-state index in [-0.39, 0.29) is 5.56 Å². The number of aromatic nitrogens is 3. The van der Waals surface area contributed by atoms with Crippen LogP contribution in [0, 0.1) is 4.77 Å². The maximum absolute atomic E-state index is 12.4. The van der Waals surface area contributed by atoms with Gasteiger partial charge < -0.3 is 0 Å². The van der Waals surface area contributed by atoms with Gasteiger partial charge in [-0.1, -0.05) is 13.0 Å². The molecule has 98 valence electrons. The average Bonchev–Trinajstić information content (AvgIpc) is 2.40. The third-order valence-electron chi connectivity index (χ3n) is 3.25. The van der Waals surface area contributed by atoms with E-state index in [2.05, 4.69) is 11.2 Å². The minimum Gasteiger partial charge on any atom is -0.282 e. The summed E-state index contributed by atoms with van der Waals surface area (Å²) in [6.45, 7) is 2.70. The monoisotopic (exact) mass is 265 g/mol. The first-order valence-corrected chi connectivity index (χ1v) is 6.93. The Labute approximate surface area is 112 Å². The molecule has 0 aromatic carbocycles. The fourth-order valence-electron chi connectivity index (χ4n) is 2.30. The normalized spacial score (nSPS) is 15.6. The van der Waals surface area contributed by atoms with Crippen molar-refractivity contribution in [1.29, 1.82) is 0 Å². The summed E-state index contributed by atoms with van der Waals surface area (Å²) < 4.78 is 3.80. The van der Waals surface area contributed by atoms with Crippen LogP contribution < -0.4 is 5.56 Å². The predicted octanol–water partition coefficient (Wildman–Crippen LogP) is 2.68. The van der Waals surface area contributed by atoms with E-state index < -0.39 is 0 Å². The van der Waals surface area contributed by atoms with Gasteiger partial charge >= 0.3 is 0 Å². The summed E-state index contributed by atoms with van der Waals surface area (Å²) in [6, 6.07) is 0. The van der Waals surface area contributed by atoms with E-state index in [4.69, 9.17) is 12.2 Å². The number of hydrogen-bond acceptors (Lipinski definition) is 3. The van der Waals surface area contributed by atoms with Gasteiger partial charge in [0.2, 0.25) is 0 Å². The van der Waals surface area contributed by atoms with Gasteiger partial charge in [-0.2, -0.15) is 5.10 Å². The molecule has 18 heavy (non-hydrogen) atoms. The fraction of sp³-hybridized carbons (Fsp3) is 0.615. The summed E-state index contributed by atoms with van der Waals surface area (Å²) in [7, 11) is 1.81. The maximum Gasteiger partial charge on any atom is 0.280 e. The third-order valence-corrected chi connectivity index (χ3v) is 3.73. The molecule has 1 heterocycles. The predicted molar refractivity (Wildman–Crippen MR) is 75.0 cm³/mol. The van der Waals surface area contributed by atoms with Gasteiger partial charge in [-0.25, -0.2) is 4.68 Å². The van der Waals surface area contributed by atoms with Crippen LogP contribution >= 0.6 is 12.2 Å². The second-order valence-electron chi connectivity index (χ2n) is 4.69. The van der Waals surface area contributed by atoms with Crippen molar-refractivity contribution in [2.75, 3.05) is 0 Å². The van der Waals surface area contributed by atoms with Gasteiger partial charge in [-0.3, -0.25) is 9.36 Å². The first-order valence-electron chi connectivity index (χ1n) is 6.52. The van der Waals surface area contributed by atoms with Crippen molar-refractivity contribution >= 4 is 17.8 Å². The van der Waals surface area contributed by atoms with Crippen molar-refractivity contribution < 1.29 is 0 Å². The smallest absolute Gasteiger partial charge is 0.280 e. The molecule has 1 aliphatic carbocycles. The van der Waals surface area contributed by atoms with Crippen LogP contribution in [0.15, 0.2) is 10.9 Å². The molecule has 0 radical (unpaired) electrons. The Morgan fingerprint density at radius 2 is 2.22 bits per heavy atom. The Balaban J connectivity index is 2.58. The molecule has 5 heteroatoms. The number of rotatable bonds is 3. The van der Waals surface area contributed by atoms with Gasteiger partial charge in [-0.15, -0.1) is 0 Å². The molecule has 1 aromatic rings. The minimum atomic E-state index is -0.0342. The van der Waals surface area contributed by atoms with E-state index in [1.165, 1.54) is 6.42 Å². The first-order chi connectivity index (χ1) is 8.65. The molecule has 0 bridgehead atoms. The summed E-state index contributed by atoms with van der Waals surface area (Å²) in [6.07, 6.45) is 7.38. The van der Waals surface area contributed by atoms with Crippen molar-refractivity contribution in [3.8, 4) is 0 Å². The Morgan fingerprint density at radius 3 is 2.83 bits per heavy atom. The number of nitrogens with zero attached hydrogens (tertiary/aromatic N) is 3. The molecule has 0 saturated carbocycles. The summed E-state index contributed by atoms with van der Waals surface area (Å²) in [5.74, 6) is 0. The molecule has 0 aliphatic heterocycles. The van der Waals surface area contributed by atoms with Gasteiger partial charge in [-0.05, 0) is 49.9 Å². The lowest BCUT2D eigenvalue weighted by atomic mass is 9.97. The highest BCUT2D eigenvalue weighted by atomic mass is 32.1. The van der Waals surface area contributed by atoms with Crippen molar-refractivity contribution in [2.24, 2.45) is 7.05 Å². The zero-order valence-corrected chi connectivity index (χ0v) is 11.8. The Kier molecular flexibility index (Phi) is 4.11. The molecule has 4 nitrogen and oxygen atoms in total. The SMILES string of the molecule is CCCn1c(=O)c(C2=CCCCC2)nn(C)c1=S. The number of hydrogen-bond donors (Lipinski definition) is 0. The van der Waals surface area contributed by atoms with Crippen LogP contribution in [-0.2, 0) is 13.6 Å². The van der Waals surface area contributed by atoms with Gasteiger partial charge in [0.05, 0.1) is 0 Å². The quantitative estimate of drug-likeness (QED) is 0.789. The van der Waals surface area contributed by atoms with Crippen molar-refractivity contribution in [3.63, 3.8) is 0 Å². The highest BCUT2D eigenvalue weighted by Gasteiger charge is 2.15. The van der Waals surface area contributed by atoms with Gasteiger partial charge in [0.15, 0.2) is 10.5 Å². The molecule has 0 saturated heterocycles. The summed E-state index contributed by atoms with van der Waals surface area (Å²) in [4.78, 5) is 12.4. The molecule has 0 fully saturated rings. The molecule has 1 aromatic heterocycles. The number of allylic oxidation sites excluding steroid dienone is 2. The van der Waals surface area contributed by atoms with E-state index >= 15 is 0 Å². The van der Waals surface area contributed by atoms with Crippen LogP contribution in [0.3, 0.4) is 0 Å². The summed E-state index contributed by atoms with van der Waals surface area (Å²) in [5, 5.41) is 4.35. The zero-order chi connectivity index (χ0) is 13.1. The van der Waals surface area contributed by atoms with Crippen LogP contribution in [0.1, 0.15) is 44.7 Å². The minimum absolute atomic E-state index is 0.0342. The molecular weight excluding hydrogens is 246 g/mol. The molecule has 2 rings (SSSR count). The first kappa shape index (κ1) is 13.2. The van der Waals surface area contributed by atoms with Gasteiger partial charge in [0.25, 0.3) is 5.56 Å². The topological polar surface area (TPSA) is 39.8 Å². The fourth-order valence-corrected chi connectivity index (χ4v) is 2.52. The lowest BCUT2D eigenvalue weighted by Gasteiger charge is -2.14. The average molecular weight is 265 g/mol. The molecule has 0 amide bonds. The van der Waals surface area contributed by atoms with E-state index in [1.54, 1.807) is 16.3 Å². The molecule has 1 aliphatic rings.